The Morgan fingerprint density at radius 3 is 2.44 bits per heavy atom. The maximum absolute atomic E-state index is 11.9. The lowest BCUT2D eigenvalue weighted by Crippen LogP contribution is -2.17. The number of nitrogens with one attached hydrogen (secondary N) is 1. The van der Waals surface area contributed by atoms with Crippen LogP contribution in [0.1, 0.15) is 20.7 Å². The number of amides is 1. The van der Waals surface area contributed by atoms with Crippen LogP contribution in [0.4, 0.5) is 11.6 Å². The fourth-order valence-electron chi connectivity index (χ4n) is 1.32. The van der Waals surface area contributed by atoms with Crippen molar-refractivity contribution < 1.29 is 19.3 Å². The molecule has 0 aliphatic carbocycles. The molecule has 0 saturated heterocycles. The maximum Gasteiger partial charge on any atom is 0.336 e. The van der Waals surface area contributed by atoms with E-state index in [9.17, 15) is 9.59 Å². The van der Waals surface area contributed by atoms with Crippen molar-refractivity contribution in [2.24, 2.45) is 0 Å². The first-order valence-corrected chi connectivity index (χ1v) is 4.81. The molecule has 18 heavy (non-hydrogen) atoms. The molecule has 4 N–H and O–H groups in total. The molecule has 0 fully saturated rings. The Hall–Kier alpha value is -2.90. The molecule has 0 saturated carbocycles. The van der Waals surface area contributed by atoms with Gasteiger partial charge in [0.1, 0.15) is 0 Å². The second-order valence-electron chi connectivity index (χ2n) is 3.30. The number of nitrogens with two attached hydrogens (primary N) is 1. The van der Waals surface area contributed by atoms with Gasteiger partial charge in [0, 0.05) is 0 Å². The third-order valence-electron chi connectivity index (χ3n) is 2.15. The smallest absolute Gasteiger partial charge is 0.336 e. The van der Waals surface area contributed by atoms with Gasteiger partial charge in [-0.15, -0.1) is 0 Å². The van der Waals surface area contributed by atoms with E-state index in [2.05, 4.69) is 20.3 Å². The number of nitrogens with zero attached hydrogens (tertiary/aromatic N) is 2. The molecule has 92 valence electrons. The molecule has 0 aliphatic rings. The summed E-state index contributed by atoms with van der Waals surface area (Å²) in [6, 6.07) is 5.77. The van der Waals surface area contributed by atoms with E-state index in [0.717, 1.165) is 0 Å². The van der Waals surface area contributed by atoms with Gasteiger partial charge in [0.15, 0.2) is 0 Å². The Balaban J connectivity index is 2.30. The third-order valence-corrected chi connectivity index (χ3v) is 2.15. The molecule has 8 heteroatoms. The summed E-state index contributed by atoms with van der Waals surface area (Å²) in [5, 5.41) is 17.9. The molecular formula is C10H8N4O4. The van der Waals surface area contributed by atoms with Gasteiger partial charge in [-0.05, 0) is 22.4 Å². The van der Waals surface area contributed by atoms with Crippen LogP contribution in [0, 0.1) is 0 Å². The fourth-order valence-corrected chi connectivity index (χ4v) is 1.32. The number of aromatic carboxylic acids is 1. The van der Waals surface area contributed by atoms with Gasteiger partial charge in [0.25, 0.3) is 5.91 Å². The van der Waals surface area contributed by atoms with Crippen LogP contribution in [0.2, 0.25) is 0 Å². The highest BCUT2D eigenvalue weighted by Gasteiger charge is 2.18. The predicted molar refractivity (Wildman–Crippen MR) is 60.1 cm³/mol. The van der Waals surface area contributed by atoms with E-state index in [0.29, 0.717) is 0 Å². The number of benzene rings is 1. The lowest BCUT2D eigenvalue weighted by atomic mass is 10.1. The van der Waals surface area contributed by atoms with Crippen molar-refractivity contribution in [3.05, 3.63) is 35.4 Å². The molecule has 0 aliphatic heterocycles. The Bertz CT molecular complexity index is 607. The maximum atomic E-state index is 11.9. The first-order valence-electron chi connectivity index (χ1n) is 4.81. The van der Waals surface area contributed by atoms with Gasteiger partial charge in [-0.25, -0.2) is 9.42 Å². The summed E-state index contributed by atoms with van der Waals surface area (Å²) in [6.45, 7) is 0. The van der Waals surface area contributed by atoms with Gasteiger partial charge in [-0.1, -0.05) is 12.1 Å². The Labute approximate surface area is 100 Å². The number of carbonyl (C=O) groups excluding carboxylic acids is 1. The summed E-state index contributed by atoms with van der Waals surface area (Å²) in [4.78, 5) is 22.8. The van der Waals surface area contributed by atoms with E-state index >= 15 is 0 Å². The standard InChI is InChI=1S/C10H8N4O4/c11-7-8(14-18-13-7)12-9(15)5-3-1-2-4-6(5)10(16)17/h1-4H,(H2,11,13)(H,16,17)(H,12,14,15). The van der Waals surface area contributed by atoms with E-state index in [1.807, 2.05) is 0 Å². The van der Waals surface area contributed by atoms with E-state index in [4.69, 9.17) is 10.8 Å². The van der Waals surface area contributed by atoms with E-state index in [1.54, 1.807) is 6.07 Å². The van der Waals surface area contributed by atoms with Crippen LogP contribution < -0.4 is 11.1 Å². The van der Waals surface area contributed by atoms with Gasteiger partial charge in [0.05, 0.1) is 11.1 Å². The number of carboxylic acid groups (broad SMARTS) is 1. The number of rotatable bonds is 3. The van der Waals surface area contributed by atoms with Crippen molar-refractivity contribution >= 4 is 23.5 Å². The van der Waals surface area contributed by atoms with E-state index < -0.39 is 11.9 Å². The first kappa shape index (κ1) is 11.6. The summed E-state index contributed by atoms with van der Waals surface area (Å²) in [6.07, 6.45) is 0. The second kappa shape index (κ2) is 4.53. The molecule has 0 bridgehead atoms. The number of hydrogen-bond acceptors (Lipinski definition) is 6. The van der Waals surface area contributed by atoms with Crippen LogP contribution in [0.15, 0.2) is 28.9 Å². The quantitative estimate of drug-likeness (QED) is 0.724. The van der Waals surface area contributed by atoms with E-state index in [-0.39, 0.29) is 22.8 Å². The molecule has 0 atom stereocenters. The highest BCUT2D eigenvalue weighted by Crippen LogP contribution is 2.15. The van der Waals surface area contributed by atoms with Crippen LogP contribution >= 0.6 is 0 Å². The molecule has 0 spiro atoms. The molecule has 0 radical (unpaired) electrons. The Morgan fingerprint density at radius 2 is 1.89 bits per heavy atom. The number of hydrogen-bond donors (Lipinski definition) is 3. The zero-order valence-electron chi connectivity index (χ0n) is 8.95. The summed E-state index contributed by atoms with van der Waals surface area (Å²) in [7, 11) is 0. The topological polar surface area (TPSA) is 131 Å². The minimum Gasteiger partial charge on any atom is -0.478 e. The average Bonchev–Trinajstić information content (AvgIpc) is 2.75. The minimum absolute atomic E-state index is 0.00704. The minimum atomic E-state index is -1.20. The van der Waals surface area contributed by atoms with Crippen molar-refractivity contribution in [2.45, 2.75) is 0 Å². The Kier molecular flexibility index (Phi) is 2.92. The molecule has 1 heterocycles. The largest absolute Gasteiger partial charge is 0.478 e. The van der Waals surface area contributed by atoms with Crippen LogP contribution in [-0.2, 0) is 0 Å². The molecule has 8 nitrogen and oxygen atoms in total. The van der Waals surface area contributed by atoms with Crippen LogP contribution in [0.3, 0.4) is 0 Å². The van der Waals surface area contributed by atoms with Crippen molar-refractivity contribution in [3.8, 4) is 0 Å². The summed E-state index contributed by atoms with van der Waals surface area (Å²) in [5.74, 6) is -2.00. The van der Waals surface area contributed by atoms with Gasteiger partial charge < -0.3 is 16.2 Å². The lowest BCUT2D eigenvalue weighted by molar-refractivity contribution is 0.0692. The fraction of sp³-hybridized carbons (Fsp3) is 0. The van der Waals surface area contributed by atoms with Crippen molar-refractivity contribution in [3.63, 3.8) is 0 Å². The molecule has 0 unspecified atom stereocenters. The summed E-state index contributed by atoms with van der Waals surface area (Å²) in [5.41, 5.74) is 5.24. The monoisotopic (exact) mass is 248 g/mol. The second-order valence-corrected chi connectivity index (χ2v) is 3.30. The summed E-state index contributed by atoms with van der Waals surface area (Å²) < 4.78 is 4.30. The highest BCUT2D eigenvalue weighted by atomic mass is 16.6. The third kappa shape index (κ3) is 2.12. The number of anilines is 2. The Morgan fingerprint density at radius 1 is 1.22 bits per heavy atom. The number of carboxylic acids is 1. The summed E-state index contributed by atoms with van der Waals surface area (Å²) >= 11 is 0. The van der Waals surface area contributed by atoms with Gasteiger partial charge in [0.2, 0.25) is 11.6 Å². The van der Waals surface area contributed by atoms with Crippen molar-refractivity contribution in [1.82, 2.24) is 10.3 Å². The zero-order chi connectivity index (χ0) is 13.1. The number of aromatic nitrogens is 2. The van der Waals surface area contributed by atoms with Gasteiger partial charge in [-0.3, -0.25) is 4.79 Å². The van der Waals surface area contributed by atoms with Crippen LogP contribution in [-0.4, -0.2) is 27.3 Å². The normalized spacial score (nSPS) is 10.0. The van der Waals surface area contributed by atoms with E-state index in [1.165, 1.54) is 18.2 Å². The van der Waals surface area contributed by atoms with Crippen molar-refractivity contribution in [2.75, 3.05) is 11.1 Å². The molecule has 1 aromatic heterocycles. The predicted octanol–water partition coefficient (Wildman–Crippen LogP) is 0.602. The molecular weight excluding hydrogens is 240 g/mol. The zero-order valence-corrected chi connectivity index (χ0v) is 8.95. The highest BCUT2D eigenvalue weighted by molar-refractivity contribution is 6.10. The molecule has 2 rings (SSSR count). The number of carbonyl (C=O) groups is 2. The van der Waals surface area contributed by atoms with Gasteiger partial charge in [-0.2, -0.15) is 0 Å². The SMILES string of the molecule is Nc1nonc1NC(=O)c1ccccc1C(=O)O. The van der Waals surface area contributed by atoms with Crippen LogP contribution in [0.5, 0.6) is 0 Å². The van der Waals surface area contributed by atoms with Gasteiger partial charge >= 0.3 is 5.97 Å². The number of nitrogen functional groups attached to an aromatic ring is 1. The molecule has 1 amide bonds. The molecule has 2 aromatic rings. The van der Waals surface area contributed by atoms with Crippen molar-refractivity contribution in [1.29, 1.82) is 0 Å². The first-order chi connectivity index (χ1) is 8.59. The average molecular weight is 248 g/mol. The molecule has 1 aromatic carbocycles. The lowest BCUT2D eigenvalue weighted by Gasteiger charge is -2.04. The van der Waals surface area contributed by atoms with Crippen LogP contribution in [0.25, 0.3) is 0 Å².